The number of ether oxygens (including phenoxy) is 3. The summed E-state index contributed by atoms with van der Waals surface area (Å²) in [6.07, 6.45) is 0. The highest BCUT2D eigenvalue weighted by Crippen LogP contribution is 2.27. The van der Waals surface area contributed by atoms with E-state index in [1.54, 1.807) is 0 Å². The quantitative estimate of drug-likeness (QED) is 0.289. The fourth-order valence-electron chi connectivity index (χ4n) is 3.60. The average molecular weight is 510 g/mol. The number of halogens is 9. The highest BCUT2D eigenvalue weighted by Gasteiger charge is 2.44. The molecule has 180 valence electrons. The molecular weight excluding hydrogens is 498 g/mol. The van der Waals surface area contributed by atoms with Crippen LogP contribution in [0.25, 0.3) is 0 Å². The Morgan fingerprint density at radius 1 is 0.441 bits per heavy atom. The second kappa shape index (κ2) is 9.68. The Labute approximate surface area is 190 Å². The van der Waals surface area contributed by atoms with Crippen molar-refractivity contribution < 1.29 is 53.7 Å². The van der Waals surface area contributed by atoms with E-state index < -0.39 is 97.0 Å². The fraction of sp³-hybridized carbons (Fsp3) is 0.143. The first-order chi connectivity index (χ1) is 16.0. The van der Waals surface area contributed by atoms with E-state index in [0.29, 0.717) is 0 Å². The Bertz CT molecular complexity index is 1220. The van der Waals surface area contributed by atoms with Crippen molar-refractivity contribution >= 4 is 27.4 Å². The lowest BCUT2D eigenvalue weighted by Crippen LogP contribution is -2.58. The molecule has 34 heavy (non-hydrogen) atoms. The summed E-state index contributed by atoms with van der Waals surface area (Å²) in [5.41, 5.74) is 0. The normalized spacial score (nSPS) is 10.9. The summed E-state index contributed by atoms with van der Waals surface area (Å²) in [7, 11) is 2.34. The highest BCUT2D eigenvalue weighted by molar-refractivity contribution is 6.96. The van der Waals surface area contributed by atoms with Gasteiger partial charge in [0.2, 0.25) is 0 Å². The van der Waals surface area contributed by atoms with Gasteiger partial charge in [0, 0.05) is 18.2 Å². The fourth-order valence-corrected chi connectivity index (χ4v) is 7.02. The van der Waals surface area contributed by atoms with Gasteiger partial charge in [0.15, 0.2) is 52.3 Å². The van der Waals surface area contributed by atoms with Crippen molar-refractivity contribution in [1.82, 2.24) is 0 Å². The average Bonchev–Trinajstić information content (AvgIpc) is 2.76. The van der Waals surface area contributed by atoms with Gasteiger partial charge in [-0.15, -0.1) is 0 Å². The van der Waals surface area contributed by atoms with Crippen molar-refractivity contribution in [1.29, 1.82) is 0 Å². The first kappa shape index (κ1) is 25.6. The molecule has 3 rings (SSSR count). The van der Waals surface area contributed by atoms with Gasteiger partial charge in [-0.2, -0.15) is 0 Å². The Hall–Kier alpha value is -3.04. The third kappa shape index (κ3) is 4.03. The number of benzene rings is 3. The van der Waals surface area contributed by atoms with Crippen molar-refractivity contribution in [3.05, 3.63) is 70.6 Å². The van der Waals surface area contributed by atoms with Crippen LogP contribution < -0.4 is 27.5 Å². The molecule has 0 atom stereocenters. The summed E-state index contributed by atoms with van der Waals surface area (Å²) < 4.78 is 142. The SMILES string of the molecule is COc1c(F)cc(F)[c]([Al]([c]2c(F)c(F)cc(F)c2OC)[c]2c(F)c(F)cc(F)c2OC)c1F. The van der Waals surface area contributed by atoms with Crippen LogP contribution in [0.15, 0.2) is 18.2 Å². The molecule has 13 heteroatoms. The lowest BCUT2D eigenvalue weighted by molar-refractivity contribution is 0.358. The maximum absolute atomic E-state index is 15.3. The van der Waals surface area contributed by atoms with Crippen LogP contribution in [0.1, 0.15) is 0 Å². The van der Waals surface area contributed by atoms with Crippen LogP contribution in [-0.2, 0) is 0 Å². The van der Waals surface area contributed by atoms with Crippen molar-refractivity contribution in [3.8, 4) is 17.2 Å². The van der Waals surface area contributed by atoms with Gasteiger partial charge in [-0.25, -0.2) is 39.5 Å². The minimum atomic E-state index is -4.71. The van der Waals surface area contributed by atoms with E-state index in [4.69, 9.17) is 9.47 Å². The molecule has 0 N–H and O–H groups in total. The molecule has 0 saturated heterocycles. The highest BCUT2D eigenvalue weighted by atomic mass is 27.2. The minimum Gasteiger partial charge on any atom is -0.495 e. The predicted molar refractivity (Wildman–Crippen MR) is 103 cm³/mol. The Morgan fingerprint density at radius 2 is 0.794 bits per heavy atom. The molecule has 0 amide bonds. The summed E-state index contributed by atoms with van der Waals surface area (Å²) in [6, 6.07) is 0.166. The predicted octanol–water partition coefficient (Wildman–Crippen LogP) is 3.48. The van der Waals surface area contributed by atoms with Gasteiger partial charge in [0.05, 0.1) is 21.3 Å². The second-order valence-corrected chi connectivity index (χ2v) is 9.33. The standard InChI is InChI=1S/3C7H4F3O.Al/c2*1-11-7-3-5(9)4(8)2-6(7)10;1-11-7-5(9)2-4(8)3-6(7)10;/h3*2H,1H3;. The van der Waals surface area contributed by atoms with E-state index in [1.807, 2.05) is 0 Å². The van der Waals surface area contributed by atoms with Gasteiger partial charge in [0.1, 0.15) is 17.3 Å². The first-order valence-corrected chi connectivity index (χ1v) is 10.9. The molecule has 0 aliphatic heterocycles. The van der Waals surface area contributed by atoms with Crippen LogP contribution >= 0.6 is 0 Å². The molecule has 0 saturated carbocycles. The van der Waals surface area contributed by atoms with Crippen LogP contribution in [0.5, 0.6) is 17.2 Å². The van der Waals surface area contributed by atoms with Gasteiger partial charge < -0.3 is 14.2 Å². The molecular formula is C21H12AlF9O3. The van der Waals surface area contributed by atoms with Crippen molar-refractivity contribution in [3.63, 3.8) is 0 Å². The Morgan fingerprint density at radius 3 is 1.18 bits per heavy atom. The van der Waals surface area contributed by atoms with Gasteiger partial charge >= 0.3 is 14.1 Å². The van der Waals surface area contributed by atoms with E-state index in [1.165, 1.54) is 0 Å². The largest absolute Gasteiger partial charge is 0.495 e. The number of hydrogen-bond acceptors (Lipinski definition) is 3. The van der Waals surface area contributed by atoms with Gasteiger partial charge in [-0.3, -0.25) is 0 Å². The van der Waals surface area contributed by atoms with Crippen LogP contribution in [0.3, 0.4) is 0 Å². The third-order valence-electron chi connectivity index (χ3n) is 4.96. The van der Waals surface area contributed by atoms with E-state index >= 15 is 13.2 Å². The van der Waals surface area contributed by atoms with Crippen molar-refractivity contribution in [2.45, 2.75) is 0 Å². The summed E-state index contributed by atoms with van der Waals surface area (Å²) in [4.78, 5) is 0. The third-order valence-corrected chi connectivity index (χ3v) is 8.26. The van der Waals surface area contributed by atoms with Crippen LogP contribution in [0, 0.1) is 52.4 Å². The molecule has 0 heterocycles. The summed E-state index contributed by atoms with van der Waals surface area (Å²) in [5.74, 6) is -19.4. The topological polar surface area (TPSA) is 27.7 Å². The zero-order valence-electron chi connectivity index (χ0n) is 17.4. The molecule has 0 aliphatic rings. The van der Waals surface area contributed by atoms with E-state index in [9.17, 15) is 26.3 Å². The molecule has 3 aromatic carbocycles. The van der Waals surface area contributed by atoms with Crippen LogP contribution in [0.2, 0.25) is 0 Å². The first-order valence-electron chi connectivity index (χ1n) is 9.14. The lowest BCUT2D eigenvalue weighted by atomic mass is 10.3. The summed E-state index contributed by atoms with van der Waals surface area (Å²) in [5, 5.41) is 0. The molecule has 0 aromatic heterocycles. The van der Waals surface area contributed by atoms with E-state index in [2.05, 4.69) is 4.74 Å². The number of rotatable bonds is 6. The summed E-state index contributed by atoms with van der Waals surface area (Å²) >= 11 is -4.71. The molecule has 3 aromatic rings. The van der Waals surface area contributed by atoms with Crippen LogP contribution in [-0.4, -0.2) is 35.5 Å². The maximum atomic E-state index is 15.3. The lowest BCUT2D eigenvalue weighted by Gasteiger charge is -2.23. The zero-order valence-corrected chi connectivity index (χ0v) is 18.6. The van der Waals surface area contributed by atoms with Gasteiger partial charge in [-0.05, 0) is 13.3 Å². The second-order valence-electron chi connectivity index (χ2n) is 6.74. The number of hydrogen-bond donors (Lipinski definition) is 0. The van der Waals surface area contributed by atoms with Gasteiger partial charge in [0.25, 0.3) is 0 Å². The minimum absolute atomic E-state index is 0.0425. The molecule has 0 unspecified atom stereocenters. The van der Waals surface area contributed by atoms with E-state index in [-0.39, 0.29) is 18.2 Å². The zero-order chi connectivity index (χ0) is 25.5. The number of methoxy groups -OCH3 is 3. The maximum Gasteiger partial charge on any atom is 0.415 e. The molecule has 0 radical (unpaired) electrons. The monoisotopic (exact) mass is 510 g/mol. The molecule has 0 fully saturated rings. The van der Waals surface area contributed by atoms with Crippen molar-refractivity contribution in [2.24, 2.45) is 0 Å². The molecule has 0 spiro atoms. The molecule has 3 nitrogen and oxygen atoms in total. The summed E-state index contributed by atoms with van der Waals surface area (Å²) in [6.45, 7) is 0. The van der Waals surface area contributed by atoms with E-state index in [0.717, 1.165) is 21.3 Å². The Balaban J connectivity index is 2.65. The molecule has 0 aliphatic carbocycles. The molecule has 0 bridgehead atoms. The van der Waals surface area contributed by atoms with Crippen molar-refractivity contribution in [2.75, 3.05) is 21.3 Å². The smallest absolute Gasteiger partial charge is 0.415 e. The Kier molecular flexibility index (Phi) is 7.28. The van der Waals surface area contributed by atoms with Crippen LogP contribution in [0.4, 0.5) is 39.5 Å². The van der Waals surface area contributed by atoms with Gasteiger partial charge in [-0.1, -0.05) is 0 Å².